The number of nitro benzene ring substituents is 1. The molecule has 1 aromatic carbocycles. The van der Waals surface area contributed by atoms with E-state index in [1.807, 2.05) is 0 Å². The summed E-state index contributed by atoms with van der Waals surface area (Å²) in [5.41, 5.74) is 0.376. The number of carboxylic acid groups (broad SMARTS) is 1. The van der Waals surface area contributed by atoms with Crippen molar-refractivity contribution >= 4 is 51.9 Å². The minimum atomic E-state index is -1.16. The van der Waals surface area contributed by atoms with Crippen molar-refractivity contribution in [2.75, 3.05) is 0 Å². The number of nitro groups is 1. The summed E-state index contributed by atoms with van der Waals surface area (Å²) in [5.74, 6) is -1.68. The van der Waals surface area contributed by atoms with Gasteiger partial charge in [0.05, 0.1) is 9.83 Å². The maximum Gasteiger partial charge on any atom is 0.326 e. The van der Waals surface area contributed by atoms with Crippen LogP contribution in [0.5, 0.6) is 0 Å². The maximum atomic E-state index is 12.2. The first-order chi connectivity index (χ1) is 10.3. The van der Waals surface area contributed by atoms with Crippen molar-refractivity contribution in [2.45, 2.75) is 13.0 Å². The normalized spacial score (nSPS) is 17.9. The molecule has 0 spiro atoms. The number of aliphatic carboxylic acids is 1. The number of carboxylic acids is 1. The van der Waals surface area contributed by atoms with E-state index in [1.54, 1.807) is 6.07 Å². The number of hydrogen-bond acceptors (Lipinski definition) is 6. The highest BCUT2D eigenvalue weighted by atomic mass is 32.2. The summed E-state index contributed by atoms with van der Waals surface area (Å²) in [5, 5.41) is 19.7. The third-order valence-corrected chi connectivity index (χ3v) is 4.28. The molecule has 1 aliphatic heterocycles. The molecule has 1 amide bonds. The Morgan fingerprint density at radius 3 is 2.82 bits per heavy atom. The van der Waals surface area contributed by atoms with Crippen LogP contribution in [-0.4, -0.2) is 37.2 Å². The number of thioether (sulfide) groups is 1. The first-order valence-electron chi connectivity index (χ1n) is 6.05. The topological polar surface area (TPSA) is 101 Å². The van der Waals surface area contributed by atoms with Crippen LogP contribution in [0.4, 0.5) is 5.69 Å². The summed E-state index contributed by atoms with van der Waals surface area (Å²) in [6, 6.07) is 4.72. The number of hydrogen-bond donors (Lipinski definition) is 1. The van der Waals surface area contributed by atoms with Gasteiger partial charge >= 0.3 is 5.97 Å². The lowest BCUT2D eigenvalue weighted by atomic mass is 10.2. The minimum Gasteiger partial charge on any atom is -0.480 e. The van der Waals surface area contributed by atoms with Gasteiger partial charge in [-0.2, -0.15) is 0 Å². The molecule has 9 heteroatoms. The van der Waals surface area contributed by atoms with Crippen molar-refractivity contribution in [3.05, 3.63) is 44.8 Å². The minimum absolute atomic E-state index is 0.0943. The van der Waals surface area contributed by atoms with Gasteiger partial charge in [-0.25, -0.2) is 4.79 Å². The van der Waals surface area contributed by atoms with Gasteiger partial charge in [0.25, 0.3) is 11.6 Å². The van der Waals surface area contributed by atoms with Gasteiger partial charge in [0.15, 0.2) is 0 Å². The number of benzene rings is 1. The highest BCUT2D eigenvalue weighted by Gasteiger charge is 2.38. The SMILES string of the molecule is C[C@@H](C(=O)O)N1C(=O)/C(=C/c2cccc([N+](=O)[O-])c2)SC1=S. The molecule has 0 unspecified atom stereocenters. The molecule has 0 saturated carbocycles. The second-order valence-corrected chi connectivity index (χ2v) is 6.09. The van der Waals surface area contributed by atoms with E-state index in [-0.39, 0.29) is 14.9 Å². The molecule has 1 aliphatic rings. The lowest BCUT2D eigenvalue weighted by Gasteiger charge is -2.18. The van der Waals surface area contributed by atoms with Crippen LogP contribution in [0, 0.1) is 10.1 Å². The summed E-state index contributed by atoms with van der Waals surface area (Å²) in [6.45, 7) is 1.36. The van der Waals surface area contributed by atoms with Gasteiger partial charge in [-0.05, 0) is 18.6 Å². The third kappa shape index (κ3) is 3.15. The molecule has 22 heavy (non-hydrogen) atoms. The van der Waals surface area contributed by atoms with Gasteiger partial charge in [0.2, 0.25) is 0 Å². The number of carbonyl (C=O) groups excluding carboxylic acids is 1. The summed E-state index contributed by atoms with van der Waals surface area (Å²) in [7, 11) is 0. The van der Waals surface area contributed by atoms with Gasteiger partial charge in [0.1, 0.15) is 10.4 Å². The van der Waals surface area contributed by atoms with E-state index in [0.717, 1.165) is 16.7 Å². The van der Waals surface area contributed by atoms with E-state index in [2.05, 4.69) is 0 Å². The van der Waals surface area contributed by atoms with Crippen LogP contribution in [-0.2, 0) is 9.59 Å². The molecule has 7 nitrogen and oxygen atoms in total. The number of amides is 1. The molecular formula is C13H10N2O5S2. The second kappa shape index (κ2) is 6.24. The molecule has 1 aromatic rings. The zero-order valence-electron chi connectivity index (χ0n) is 11.3. The first-order valence-corrected chi connectivity index (χ1v) is 7.28. The Bertz CT molecular complexity index is 716. The van der Waals surface area contributed by atoms with Crippen molar-refractivity contribution in [3.8, 4) is 0 Å². The summed E-state index contributed by atoms with van der Waals surface area (Å²) >= 11 is 6.00. The van der Waals surface area contributed by atoms with Crippen molar-refractivity contribution < 1.29 is 19.6 Å². The number of thiocarbonyl (C=S) groups is 1. The molecular weight excluding hydrogens is 328 g/mol. The van der Waals surface area contributed by atoms with Crippen molar-refractivity contribution in [1.29, 1.82) is 0 Å². The quantitative estimate of drug-likeness (QED) is 0.389. The molecule has 114 valence electrons. The fourth-order valence-corrected chi connectivity index (χ4v) is 3.22. The predicted molar refractivity (Wildman–Crippen MR) is 85.2 cm³/mol. The van der Waals surface area contributed by atoms with Crippen molar-refractivity contribution in [1.82, 2.24) is 4.90 Å². The molecule has 1 N–H and O–H groups in total. The third-order valence-electron chi connectivity index (χ3n) is 2.95. The van der Waals surface area contributed by atoms with Crippen LogP contribution >= 0.6 is 24.0 Å². The zero-order chi connectivity index (χ0) is 16.4. The molecule has 1 atom stereocenters. The van der Waals surface area contributed by atoms with E-state index in [0.29, 0.717) is 5.56 Å². The Morgan fingerprint density at radius 2 is 2.23 bits per heavy atom. The van der Waals surface area contributed by atoms with Gasteiger partial charge in [-0.15, -0.1) is 0 Å². The van der Waals surface area contributed by atoms with Crippen LogP contribution in [0.15, 0.2) is 29.2 Å². The van der Waals surface area contributed by atoms with E-state index >= 15 is 0 Å². The lowest BCUT2D eigenvalue weighted by molar-refractivity contribution is -0.384. The number of rotatable bonds is 4. The Hall–Kier alpha value is -2.26. The number of non-ortho nitro benzene ring substituents is 1. The highest BCUT2D eigenvalue weighted by Crippen LogP contribution is 2.34. The molecule has 1 heterocycles. The molecule has 0 bridgehead atoms. The predicted octanol–water partition coefficient (Wildman–Crippen LogP) is 2.27. The Balaban J connectivity index is 2.32. The molecule has 0 aromatic heterocycles. The fraction of sp³-hybridized carbons (Fsp3) is 0.154. The summed E-state index contributed by atoms with van der Waals surface area (Å²) < 4.78 is 0.150. The standard InChI is InChI=1S/C13H10N2O5S2/c1-7(12(17)18)14-11(16)10(22-13(14)21)6-8-3-2-4-9(5-8)15(19)20/h2-7H,1H3,(H,17,18)/b10-6-/t7-/m0/s1. The zero-order valence-corrected chi connectivity index (χ0v) is 12.9. The summed E-state index contributed by atoms with van der Waals surface area (Å²) in [6.07, 6.45) is 1.46. The molecule has 2 rings (SSSR count). The first kappa shape index (κ1) is 16.1. The largest absolute Gasteiger partial charge is 0.480 e. The van der Waals surface area contributed by atoms with Gasteiger partial charge in [-0.1, -0.05) is 36.1 Å². The van der Waals surface area contributed by atoms with Crippen LogP contribution < -0.4 is 0 Å². The van der Waals surface area contributed by atoms with Crippen LogP contribution in [0.2, 0.25) is 0 Å². The van der Waals surface area contributed by atoms with E-state index in [4.69, 9.17) is 17.3 Å². The fourth-order valence-electron chi connectivity index (χ4n) is 1.80. The molecule has 0 radical (unpaired) electrons. The van der Waals surface area contributed by atoms with Gasteiger partial charge in [-0.3, -0.25) is 19.8 Å². The van der Waals surface area contributed by atoms with E-state index in [9.17, 15) is 19.7 Å². The van der Waals surface area contributed by atoms with Crippen LogP contribution in [0.25, 0.3) is 6.08 Å². The van der Waals surface area contributed by atoms with Crippen LogP contribution in [0.3, 0.4) is 0 Å². The van der Waals surface area contributed by atoms with Crippen molar-refractivity contribution in [2.24, 2.45) is 0 Å². The summed E-state index contributed by atoms with van der Waals surface area (Å²) in [4.78, 5) is 34.7. The average molecular weight is 338 g/mol. The molecule has 0 aliphatic carbocycles. The van der Waals surface area contributed by atoms with E-state index < -0.39 is 22.8 Å². The van der Waals surface area contributed by atoms with E-state index in [1.165, 1.54) is 31.2 Å². The molecule has 1 saturated heterocycles. The van der Waals surface area contributed by atoms with Gasteiger partial charge in [0, 0.05) is 12.1 Å². The molecule has 1 fully saturated rings. The monoisotopic (exact) mass is 338 g/mol. The lowest BCUT2D eigenvalue weighted by Crippen LogP contribution is -2.41. The Morgan fingerprint density at radius 1 is 1.55 bits per heavy atom. The number of nitrogens with zero attached hydrogens (tertiary/aromatic N) is 2. The average Bonchev–Trinajstić information content (AvgIpc) is 2.73. The van der Waals surface area contributed by atoms with Gasteiger partial charge < -0.3 is 5.11 Å². The second-order valence-electron chi connectivity index (χ2n) is 4.42. The number of carbonyl (C=O) groups is 2. The van der Waals surface area contributed by atoms with Crippen molar-refractivity contribution in [3.63, 3.8) is 0 Å². The maximum absolute atomic E-state index is 12.2. The highest BCUT2D eigenvalue weighted by molar-refractivity contribution is 8.26. The Kier molecular flexibility index (Phi) is 4.57. The van der Waals surface area contributed by atoms with Crippen LogP contribution in [0.1, 0.15) is 12.5 Å². The Labute approximate surface area is 134 Å². The smallest absolute Gasteiger partial charge is 0.326 e.